The van der Waals surface area contributed by atoms with Crippen LogP contribution in [0.15, 0.2) is 33.6 Å². The van der Waals surface area contributed by atoms with Gasteiger partial charge in [0.1, 0.15) is 5.60 Å². The van der Waals surface area contributed by atoms with Crippen molar-refractivity contribution in [3.8, 4) is 0 Å². The molecule has 0 heterocycles. The van der Waals surface area contributed by atoms with Crippen molar-refractivity contribution >= 4 is 37.6 Å². The Morgan fingerprint density at radius 3 is 2.28 bits per heavy atom. The molecule has 0 spiro atoms. The van der Waals surface area contributed by atoms with Crippen molar-refractivity contribution in [3.63, 3.8) is 0 Å². The molecule has 0 bridgehead atoms. The number of halogens is 1. The third kappa shape index (κ3) is 4.70. The number of nitrogens with one attached hydrogen (secondary N) is 1. The lowest BCUT2D eigenvalue weighted by molar-refractivity contribution is 0.0572. The van der Waals surface area contributed by atoms with Gasteiger partial charge < -0.3 is 4.74 Å². The van der Waals surface area contributed by atoms with Gasteiger partial charge in [-0.25, -0.2) is 13.7 Å². The molecule has 4 nitrogen and oxygen atoms in total. The Labute approximate surface area is 116 Å². The molecule has 0 saturated heterocycles. The van der Waals surface area contributed by atoms with Crippen LogP contribution in [-0.2, 0) is 14.4 Å². The van der Waals surface area contributed by atoms with Crippen LogP contribution in [-0.4, -0.2) is 21.8 Å². The summed E-state index contributed by atoms with van der Waals surface area (Å²) < 4.78 is 20.4. The summed E-state index contributed by atoms with van der Waals surface area (Å²) in [6.45, 7) is 5.20. The van der Waals surface area contributed by atoms with Gasteiger partial charge in [0.05, 0.1) is 9.71 Å². The van der Waals surface area contributed by atoms with Crippen molar-refractivity contribution in [2.45, 2.75) is 31.3 Å². The Bertz CT molecular complexity index is 529. The number of benzene rings is 1. The van der Waals surface area contributed by atoms with Gasteiger partial charge in [0.2, 0.25) is 0 Å². The van der Waals surface area contributed by atoms with Crippen molar-refractivity contribution in [2.24, 2.45) is 0 Å². The fraction of sp³-hybridized carbons (Fsp3) is 0.333. The minimum absolute atomic E-state index is 0.441. The molecule has 0 aliphatic heterocycles. The average Bonchev–Trinajstić information content (AvgIpc) is 2.13. The number of hydrogen-bond donors (Lipinski definition) is 1. The van der Waals surface area contributed by atoms with Crippen LogP contribution in [0.25, 0.3) is 0 Å². The Balaban J connectivity index is 2.83. The van der Waals surface area contributed by atoms with E-state index in [1.54, 1.807) is 45.0 Å². The molecular weight excluding hydrogens is 318 g/mol. The van der Waals surface area contributed by atoms with E-state index in [4.69, 9.17) is 4.74 Å². The summed E-state index contributed by atoms with van der Waals surface area (Å²) in [7, 11) is -2.89. The van der Waals surface area contributed by atoms with Gasteiger partial charge >= 0.3 is 6.09 Å². The van der Waals surface area contributed by atoms with Crippen LogP contribution in [0.3, 0.4) is 0 Å². The standard InChI is InChI=1S/C12H16BrNO3S/c1-12(2,3)17-11(15)14-18(4,16)10-7-5-9(13)6-8-10/h5-8H,4H2,1-3H3,(H,14,15,16). The lowest BCUT2D eigenvalue weighted by Gasteiger charge is -2.20. The maximum atomic E-state index is 12.3. The highest BCUT2D eigenvalue weighted by atomic mass is 79.9. The average molecular weight is 334 g/mol. The highest BCUT2D eigenvalue weighted by Gasteiger charge is 2.19. The summed E-state index contributed by atoms with van der Waals surface area (Å²) in [4.78, 5) is 12.0. The van der Waals surface area contributed by atoms with E-state index >= 15 is 0 Å². The first-order chi connectivity index (χ1) is 8.10. The lowest BCUT2D eigenvalue weighted by atomic mass is 10.2. The van der Waals surface area contributed by atoms with Crippen LogP contribution in [0.4, 0.5) is 4.79 Å². The summed E-state index contributed by atoms with van der Waals surface area (Å²) >= 11 is 3.28. The molecule has 18 heavy (non-hydrogen) atoms. The largest absolute Gasteiger partial charge is 0.443 e. The molecule has 1 N–H and O–H groups in total. The van der Waals surface area contributed by atoms with E-state index in [1.807, 2.05) is 0 Å². The Morgan fingerprint density at radius 1 is 1.33 bits per heavy atom. The first-order valence-electron chi connectivity index (χ1n) is 5.24. The minimum atomic E-state index is -2.89. The minimum Gasteiger partial charge on any atom is -0.443 e. The van der Waals surface area contributed by atoms with E-state index in [0.29, 0.717) is 4.90 Å². The Hall–Kier alpha value is -1.01. The number of hydrogen-bond acceptors (Lipinski definition) is 3. The van der Waals surface area contributed by atoms with Crippen LogP contribution in [0.2, 0.25) is 0 Å². The van der Waals surface area contributed by atoms with E-state index in [2.05, 4.69) is 26.5 Å². The summed E-state index contributed by atoms with van der Waals surface area (Å²) in [6, 6.07) is 6.74. The predicted molar refractivity (Wildman–Crippen MR) is 77.0 cm³/mol. The van der Waals surface area contributed by atoms with E-state index < -0.39 is 21.4 Å². The summed E-state index contributed by atoms with van der Waals surface area (Å²) in [5.74, 6) is 3.54. The summed E-state index contributed by atoms with van der Waals surface area (Å²) in [6.07, 6.45) is -0.745. The topological polar surface area (TPSA) is 55.4 Å². The van der Waals surface area contributed by atoms with Gasteiger partial charge in [-0.15, -0.1) is 0 Å². The second kappa shape index (κ2) is 5.32. The normalized spacial score (nSPS) is 14.7. The molecule has 6 heteroatoms. The van der Waals surface area contributed by atoms with Crippen LogP contribution >= 0.6 is 15.9 Å². The van der Waals surface area contributed by atoms with Gasteiger partial charge in [0.25, 0.3) is 0 Å². The molecule has 0 aromatic heterocycles. The second-order valence-electron chi connectivity index (χ2n) is 4.73. The molecule has 0 aliphatic carbocycles. The summed E-state index contributed by atoms with van der Waals surface area (Å²) in [5, 5.41) is 0. The molecule has 1 atom stereocenters. The predicted octanol–water partition coefficient (Wildman–Crippen LogP) is 2.96. The van der Waals surface area contributed by atoms with Gasteiger partial charge in [-0.3, -0.25) is 0 Å². The van der Waals surface area contributed by atoms with E-state index in [9.17, 15) is 9.00 Å². The summed E-state index contributed by atoms with van der Waals surface area (Å²) in [5.41, 5.74) is -0.640. The number of ether oxygens (including phenoxy) is 1. The van der Waals surface area contributed by atoms with E-state index in [0.717, 1.165) is 4.47 Å². The fourth-order valence-electron chi connectivity index (χ4n) is 1.15. The quantitative estimate of drug-likeness (QED) is 0.846. The highest BCUT2D eigenvalue weighted by molar-refractivity contribution is 9.10. The molecule has 100 valence electrons. The maximum absolute atomic E-state index is 12.3. The van der Waals surface area contributed by atoms with Crippen molar-refractivity contribution in [1.29, 1.82) is 0 Å². The van der Waals surface area contributed by atoms with Gasteiger partial charge in [-0.1, -0.05) is 15.9 Å². The number of carbonyl (C=O) groups excluding carboxylic acids is 1. The second-order valence-corrected chi connectivity index (χ2v) is 7.67. The Morgan fingerprint density at radius 2 is 1.83 bits per heavy atom. The zero-order valence-corrected chi connectivity index (χ0v) is 12.9. The molecule has 0 saturated carbocycles. The monoisotopic (exact) mass is 333 g/mol. The van der Waals surface area contributed by atoms with Gasteiger partial charge in [-0.05, 0) is 50.9 Å². The molecule has 0 aliphatic rings. The maximum Gasteiger partial charge on any atom is 0.419 e. The molecular formula is C12H16BrNO3S. The first kappa shape index (κ1) is 15.0. The molecule has 1 unspecified atom stereocenters. The van der Waals surface area contributed by atoms with Crippen molar-refractivity contribution in [3.05, 3.63) is 28.7 Å². The number of carbonyl (C=O) groups is 1. The number of amides is 1. The van der Waals surface area contributed by atoms with Crippen LogP contribution in [0.5, 0.6) is 0 Å². The Kier molecular flexibility index (Phi) is 4.45. The molecule has 1 rings (SSSR count). The van der Waals surface area contributed by atoms with Crippen LogP contribution in [0.1, 0.15) is 20.8 Å². The SMILES string of the molecule is C=S(=O)(NC(=O)OC(C)(C)C)c1ccc(Br)cc1. The van der Waals surface area contributed by atoms with Crippen molar-refractivity contribution in [2.75, 3.05) is 0 Å². The third-order valence-corrected chi connectivity index (χ3v) is 3.90. The zero-order valence-electron chi connectivity index (χ0n) is 10.5. The number of rotatable bonds is 2. The molecule has 1 aromatic carbocycles. The van der Waals surface area contributed by atoms with Crippen LogP contribution < -0.4 is 4.72 Å². The van der Waals surface area contributed by atoms with Crippen molar-refractivity contribution < 1.29 is 13.7 Å². The third-order valence-electron chi connectivity index (χ3n) is 1.84. The highest BCUT2D eigenvalue weighted by Crippen LogP contribution is 2.15. The molecule has 0 radical (unpaired) electrons. The fourth-order valence-corrected chi connectivity index (χ4v) is 2.42. The van der Waals surface area contributed by atoms with E-state index in [-0.39, 0.29) is 0 Å². The van der Waals surface area contributed by atoms with Crippen LogP contribution in [0, 0.1) is 0 Å². The molecule has 0 fully saturated rings. The van der Waals surface area contributed by atoms with E-state index in [1.165, 1.54) is 0 Å². The molecule has 1 amide bonds. The van der Waals surface area contributed by atoms with Crippen molar-refractivity contribution in [1.82, 2.24) is 4.72 Å². The first-order valence-corrected chi connectivity index (χ1v) is 7.76. The van der Waals surface area contributed by atoms with Gasteiger partial charge in [0, 0.05) is 9.37 Å². The smallest absolute Gasteiger partial charge is 0.419 e. The molecule has 1 aromatic rings. The van der Waals surface area contributed by atoms with Gasteiger partial charge in [0.15, 0.2) is 0 Å². The lowest BCUT2D eigenvalue weighted by Crippen LogP contribution is -2.36. The zero-order chi connectivity index (χ0) is 14.0. The van der Waals surface area contributed by atoms with Gasteiger partial charge in [-0.2, -0.15) is 0 Å².